The van der Waals surface area contributed by atoms with E-state index in [1.165, 1.54) is 42.5 Å². The van der Waals surface area contributed by atoms with Gasteiger partial charge in [-0.25, -0.2) is 0 Å². The fourth-order valence-corrected chi connectivity index (χ4v) is 2.81. The highest BCUT2D eigenvalue weighted by Crippen LogP contribution is 2.29. The topological polar surface area (TPSA) is 12.0 Å². The molecule has 3 rings (SSSR count). The standard InChI is InChI=1S/C14H17N/c1-4-8-14(9-5-1)10-12-6-2-3-7-13(12)11-15-14/h2-3,6-7,10-11,15H,1,4-5,8-9H2. The molecule has 1 N–H and O–H groups in total. The smallest absolute Gasteiger partial charge is 0.0559 e. The number of benzene rings is 1. The molecule has 1 aromatic carbocycles. The van der Waals surface area contributed by atoms with Crippen LogP contribution in [-0.2, 0) is 0 Å². The monoisotopic (exact) mass is 199 g/mol. The lowest BCUT2D eigenvalue weighted by Crippen LogP contribution is -2.49. The van der Waals surface area contributed by atoms with Crippen molar-refractivity contribution in [3.63, 3.8) is 0 Å². The Morgan fingerprint density at radius 1 is 0.933 bits per heavy atom. The van der Waals surface area contributed by atoms with Crippen molar-refractivity contribution in [3.8, 4) is 0 Å². The maximum absolute atomic E-state index is 3.61. The Morgan fingerprint density at radius 3 is 2.47 bits per heavy atom. The minimum atomic E-state index is 0.270. The third-order valence-corrected chi connectivity index (χ3v) is 3.69. The van der Waals surface area contributed by atoms with Gasteiger partial charge in [0, 0.05) is 6.20 Å². The lowest BCUT2D eigenvalue weighted by Gasteiger charge is -2.36. The summed E-state index contributed by atoms with van der Waals surface area (Å²) in [6.07, 6.45) is 11.3. The molecular formula is C14H17N. The molecule has 1 aliphatic carbocycles. The van der Waals surface area contributed by atoms with Crippen molar-refractivity contribution in [2.45, 2.75) is 37.6 Å². The van der Waals surface area contributed by atoms with Crippen molar-refractivity contribution in [2.24, 2.45) is 0 Å². The van der Waals surface area contributed by atoms with Crippen molar-refractivity contribution in [3.05, 3.63) is 34.7 Å². The number of fused-ring (bicyclic) bond motifs is 1. The zero-order chi connectivity index (χ0) is 10.1. The molecule has 0 saturated heterocycles. The van der Waals surface area contributed by atoms with Gasteiger partial charge in [0.15, 0.2) is 0 Å². The van der Waals surface area contributed by atoms with E-state index in [1.54, 1.807) is 0 Å². The molecule has 1 heterocycles. The van der Waals surface area contributed by atoms with Gasteiger partial charge in [-0.1, -0.05) is 49.6 Å². The van der Waals surface area contributed by atoms with E-state index < -0.39 is 0 Å². The van der Waals surface area contributed by atoms with Gasteiger partial charge in [0.25, 0.3) is 0 Å². The summed E-state index contributed by atoms with van der Waals surface area (Å²) in [4.78, 5) is 0. The summed E-state index contributed by atoms with van der Waals surface area (Å²) in [6.45, 7) is 0. The van der Waals surface area contributed by atoms with Crippen molar-refractivity contribution < 1.29 is 0 Å². The minimum Gasteiger partial charge on any atom is -0.381 e. The van der Waals surface area contributed by atoms with E-state index >= 15 is 0 Å². The minimum absolute atomic E-state index is 0.270. The van der Waals surface area contributed by atoms with E-state index in [9.17, 15) is 0 Å². The number of rotatable bonds is 0. The van der Waals surface area contributed by atoms with Crippen LogP contribution in [0, 0.1) is 0 Å². The molecule has 0 aromatic heterocycles. The summed E-state index contributed by atoms with van der Waals surface area (Å²) in [6, 6.07) is 8.63. The SMILES string of the molecule is C1=c2ccccc2=CC2(CCCCC2)N1. The largest absolute Gasteiger partial charge is 0.381 e. The predicted molar refractivity (Wildman–Crippen MR) is 63.6 cm³/mol. The zero-order valence-corrected chi connectivity index (χ0v) is 9.00. The summed E-state index contributed by atoms with van der Waals surface area (Å²) in [5.74, 6) is 0. The summed E-state index contributed by atoms with van der Waals surface area (Å²) < 4.78 is 0. The Labute approximate surface area is 90.5 Å². The van der Waals surface area contributed by atoms with E-state index in [-0.39, 0.29) is 5.54 Å². The first-order valence-corrected chi connectivity index (χ1v) is 5.94. The van der Waals surface area contributed by atoms with E-state index in [2.05, 4.69) is 41.9 Å². The van der Waals surface area contributed by atoms with Crippen LogP contribution in [0.15, 0.2) is 24.3 Å². The van der Waals surface area contributed by atoms with Crippen LogP contribution in [0.2, 0.25) is 0 Å². The first-order valence-electron chi connectivity index (χ1n) is 5.94. The van der Waals surface area contributed by atoms with Gasteiger partial charge in [-0.2, -0.15) is 0 Å². The molecule has 1 nitrogen and oxygen atoms in total. The average molecular weight is 199 g/mol. The van der Waals surface area contributed by atoms with E-state index in [4.69, 9.17) is 0 Å². The summed E-state index contributed by atoms with van der Waals surface area (Å²) >= 11 is 0. The van der Waals surface area contributed by atoms with Crippen LogP contribution in [0.5, 0.6) is 0 Å². The van der Waals surface area contributed by atoms with E-state index in [1.807, 2.05) is 0 Å². The van der Waals surface area contributed by atoms with Crippen molar-refractivity contribution in [1.29, 1.82) is 0 Å². The van der Waals surface area contributed by atoms with Crippen LogP contribution in [-0.4, -0.2) is 5.54 Å². The third kappa shape index (κ3) is 1.56. The van der Waals surface area contributed by atoms with Gasteiger partial charge in [-0.05, 0) is 23.3 Å². The molecule has 1 aromatic rings. The maximum Gasteiger partial charge on any atom is 0.0559 e. The molecule has 2 aliphatic rings. The molecule has 15 heavy (non-hydrogen) atoms. The van der Waals surface area contributed by atoms with Gasteiger partial charge < -0.3 is 5.32 Å². The second kappa shape index (κ2) is 3.41. The molecule has 1 saturated carbocycles. The Morgan fingerprint density at radius 2 is 1.67 bits per heavy atom. The summed E-state index contributed by atoms with van der Waals surface area (Å²) in [5, 5.41) is 6.34. The molecule has 0 radical (unpaired) electrons. The average Bonchev–Trinajstić information content (AvgIpc) is 2.30. The second-order valence-corrected chi connectivity index (χ2v) is 4.78. The first-order chi connectivity index (χ1) is 7.38. The van der Waals surface area contributed by atoms with Crippen molar-refractivity contribution >= 4 is 12.3 Å². The van der Waals surface area contributed by atoms with Gasteiger partial charge in [-0.15, -0.1) is 0 Å². The fraction of sp³-hybridized carbons (Fsp3) is 0.429. The van der Waals surface area contributed by atoms with Crippen molar-refractivity contribution in [2.75, 3.05) is 0 Å². The highest BCUT2D eigenvalue weighted by Gasteiger charge is 2.29. The van der Waals surface area contributed by atoms with Crippen LogP contribution in [0.3, 0.4) is 0 Å². The van der Waals surface area contributed by atoms with Gasteiger partial charge in [0.05, 0.1) is 5.54 Å². The summed E-state index contributed by atoms with van der Waals surface area (Å²) in [7, 11) is 0. The Bertz CT molecular complexity index is 466. The lowest BCUT2D eigenvalue weighted by atomic mass is 9.80. The molecule has 0 amide bonds. The number of hydrogen-bond donors (Lipinski definition) is 1. The van der Waals surface area contributed by atoms with Crippen LogP contribution < -0.4 is 15.8 Å². The second-order valence-electron chi connectivity index (χ2n) is 4.78. The van der Waals surface area contributed by atoms with Gasteiger partial charge >= 0.3 is 0 Å². The zero-order valence-electron chi connectivity index (χ0n) is 9.00. The summed E-state index contributed by atoms with van der Waals surface area (Å²) in [5.41, 5.74) is 0.270. The van der Waals surface area contributed by atoms with E-state index in [0.29, 0.717) is 0 Å². The van der Waals surface area contributed by atoms with Crippen LogP contribution in [0.4, 0.5) is 0 Å². The van der Waals surface area contributed by atoms with Gasteiger partial charge in [0.2, 0.25) is 0 Å². The molecule has 78 valence electrons. The molecule has 0 atom stereocenters. The lowest BCUT2D eigenvalue weighted by molar-refractivity contribution is 0.342. The van der Waals surface area contributed by atoms with Gasteiger partial charge in [0.1, 0.15) is 0 Å². The van der Waals surface area contributed by atoms with Crippen LogP contribution >= 0.6 is 0 Å². The maximum atomic E-state index is 3.61. The highest BCUT2D eigenvalue weighted by molar-refractivity contribution is 5.47. The number of nitrogens with one attached hydrogen (secondary N) is 1. The first kappa shape index (κ1) is 9.02. The molecule has 0 bridgehead atoms. The molecule has 1 heteroatoms. The molecular weight excluding hydrogens is 182 g/mol. The Balaban J connectivity index is 2.08. The molecule has 1 spiro atoms. The molecule has 1 fully saturated rings. The Kier molecular flexibility index (Phi) is 2.05. The Hall–Kier alpha value is -1.24. The third-order valence-electron chi connectivity index (χ3n) is 3.69. The predicted octanol–water partition coefficient (Wildman–Crippen LogP) is 1.51. The number of hydrogen-bond acceptors (Lipinski definition) is 1. The molecule has 0 unspecified atom stereocenters. The normalized spacial score (nSPS) is 22.1. The van der Waals surface area contributed by atoms with Crippen LogP contribution in [0.25, 0.3) is 12.3 Å². The van der Waals surface area contributed by atoms with Crippen LogP contribution in [0.1, 0.15) is 32.1 Å². The quantitative estimate of drug-likeness (QED) is 0.668. The van der Waals surface area contributed by atoms with Crippen molar-refractivity contribution in [1.82, 2.24) is 5.32 Å². The molecule has 1 aliphatic heterocycles. The highest BCUT2D eigenvalue weighted by atomic mass is 15.0. The fourth-order valence-electron chi connectivity index (χ4n) is 2.81. The van der Waals surface area contributed by atoms with E-state index in [0.717, 1.165) is 0 Å². The van der Waals surface area contributed by atoms with Gasteiger partial charge in [-0.3, -0.25) is 0 Å².